The third kappa shape index (κ3) is 3.15. The average Bonchev–Trinajstić information content (AvgIpc) is 2.78. The molecule has 1 heterocycles. The van der Waals surface area contributed by atoms with E-state index < -0.39 is 17.2 Å². The van der Waals surface area contributed by atoms with E-state index in [0.29, 0.717) is 25.9 Å². The van der Waals surface area contributed by atoms with E-state index in [4.69, 9.17) is 16.7 Å². The molecule has 0 bridgehead atoms. The number of nitrogens with zero attached hydrogens (tertiary/aromatic N) is 2. The fraction of sp³-hybridized carbons (Fsp3) is 0.750. The van der Waals surface area contributed by atoms with Crippen LogP contribution in [-0.2, 0) is 9.59 Å². The van der Waals surface area contributed by atoms with E-state index in [2.05, 4.69) is 5.16 Å². The Morgan fingerprint density at radius 1 is 1.47 bits per heavy atom. The Labute approximate surface area is 112 Å². The van der Waals surface area contributed by atoms with Gasteiger partial charge in [0.15, 0.2) is 5.84 Å². The largest absolute Gasteiger partial charge is 0.409 e. The average molecular weight is 270 g/mol. The molecule has 0 aromatic rings. The van der Waals surface area contributed by atoms with Gasteiger partial charge in [0, 0.05) is 13.1 Å². The van der Waals surface area contributed by atoms with Crippen LogP contribution in [0.1, 0.15) is 33.1 Å². The Balaban J connectivity index is 2.80. The van der Waals surface area contributed by atoms with Crippen LogP contribution < -0.4 is 11.5 Å². The Morgan fingerprint density at radius 3 is 2.53 bits per heavy atom. The molecule has 0 saturated carbocycles. The predicted molar refractivity (Wildman–Crippen MR) is 70.3 cm³/mol. The van der Waals surface area contributed by atoms with Crippen LogP contribution in [0.2, 0.25) is 0 Å². The normalized spacial score (nSPS) is 25.4. The number of carbonyl (C=O) groups is 2. The van der Waals surface area contributed by atoms with E-state index in [9.17, 15) is 9.59 Å². The molecule has 108 valence electrons. The van der Waals surface area contributed by atoms with Crippen LogP contribution >= 0.6 is 0 Å². The van der Waals surface area contributed by atoms with Gasteiger partial charge in [0.05, 0.1) is 11.3 Å². The van der Waals surface area contributed by atoms with Gasteiger partial charge in [0.1, 0.15) is 0 Å². The van der Waals surface area contributed by atoms with Crippen LogP contribution in [0.3, 0.4) is 0 Å². The molecule has 7 nitrogen and oxygen atoms in total. The van der Waals surface area contributed by atoms with Crippen LogP contribution in [0.4, 0.5) is 0 Å². The van der Waals surface area contributed by atoms with Crippen molar-refractivity contribution >= 4 is 17.6 Å². The second-order valence-corrected chi connectivity index (χ2v) is 5.30. The molecule has 1 fully saturated rings. The summed E-state index contributed by atoms with van der Waals surface area (Å²) in [6, 6.07) is 0. The van der Waals surface area contributed by atoms with E-state index in [-0.39, 0.29) is 11.7 Å². The molecule has 1 saturated heterocycles. The Kier molecular flexibility index (Phi) is 4.74. The molecular formula is C12H22N4O3. The van der Waals surface area contributed by atoms with Crippen molar-refractivity contribution < 1.29 is 14.8 Å². The number of carbonyl (C=O) groups excluding carboxylic acids is 2. The molecule has 0 spiro atoms. The lowest BCUT2D eigenvalue weighted by atomic mass is 9.89. The van der Waals surface area contributed by atoms with Gasteiger partial charge in [-0.2, -0.15) is 0 Å². The van der Waals surface area contributed by atoms with Gasteiger partial charge in [-0.3, -0.25) is 9.59 Å². The molecule has 2 atom stereocenters. The first-order chi connectivity index (χ1) is 8.85. The van der Waals surface area contributed by atoms with Crippen LogP contribution in [0.5, 0.6) is 0 Å². The minimum absolute atomic E-state index is 0.0838. The summed E-state index contributed by atoms with van der Waals surface area (Å²) in [6.07, 6.45) is 1.80. The maximum atomic E-state index is 12.3. The van der Waals surface area contributed by atoms with Crippen LogP contribution in [0.25, 0.3) is 0 Å². The number of hydrogen-bond donors (Lipinski definition) is 3. The van der Waals surface area contributed by atoms with E-state index in [1.54, 1.807) is 11.8 Å². The second-order valence-electron chi connectivity index (χ2n) is 5.30. The smallest absolute Gasteiger partial charge is 0.233 e. The highest BCUT2D eigenvalue weighted by Gasteiger charge is 2.42. The van der Waals surface area contributed by atoms with Crippen molar-refractivity contribution in [2.45, 2.75) is 33.1 Å². The van der Waals surface area contributed by atoms with E-state index in [0.717, 1.165) is 6.42 Å². The molecule has 0 aromatic heterocycles. The van der Waals surface area contributed by atoms with Crippen molar-refractivity contribution in [1.82, 2.24) is 4.90 Å². The Bertz CT molecular complexity index is 396. The number of rotatable bonds is 5. The van der Waals surface area contributed by atoms with Crippen molar-refractivity contribution in [3.05, 3.63) is 0 Å². The summed E-state index contributed by atoms with van der Waals surface area (Å²) < 4.78 is 0. The van der Waals surface area contributed by atoms with Crippen molar-refractivity contribution in [2.75, 3.05) is 13.1 Å². The third-order valence-electron chi connectivity index (χ3n) is 3.73. The van der Waals surface area contributed by atoms with Gasteiger partial charge in [0.2, 0.25) is 11.8 Å². The number of oxime groups is 1. The molecule has 0 aliphatic carbocycles. The minimum atomic E-state index is -0.683. The summed E-state index contributed by atoms with van der Waals surface area (Å²) in [5.41, 5.74) is 10.2. The summed E-state index contributed by atoms with van der Waals surface area (Å²) in [5.74, 6) is -1.33. The van der Waals surface area contributed by atoms with Gasteiger partial charge in [-0.05, 0) is 19.8 Å². The molecule has 5 N–H and O–H groups in total. The van der Waals surface area contributed by atoms with Crippen LogP contribution in [0.15, 0.2) is 5.16 Å². The lowest BCUT2D eigenvalue weighted by molar-refractivity contribution is -0.133. The summed E-state index contributed by atoms with van der Waals surface area (Å²) in [5, 5.41) is 11.7. The van der Waals surface area contributed by atoms with Gasteiger partial charge in [-0.25, -0.2) is 0 Å². The second kappa shape index (κ2) is 5.90. The molecule has 7 heteroatoms. The lowest BCUT2D eigenvalue weighted by Crippen LogP contribution is -2.43. The molecule has 19 heavy (non-hydrogen) atoms. The molecular weight excluding hydrogens is 248 g/mol. The standard InChI is InChI=1S/C12H22N4O3/c1-3-4-8(9(13)15-19)10(17)16-6-5-12(2,7-16)11(14)18/h8,19H,3-7H2,1-2H3,(H2,13,15)(H2,14,18). The van der Waals surface area contributed by atoms with E-state index in [1.165, 1.54) is 0 Å². The number of hydrogen-bond acceptors (Lipinski definition) is 4. The highest BCUT2D eigenvalue weighted by atomic mass is 16.4. The number of primary amides is 1. The Morgan fingerprint density at radius 2 is 2.11 bits per heavy atom. The van der Waals surface area contributed by atoms with E-state index in [1.807, 2.05) is 6.92 Å². The maximum absolute atomic E-state index is 12.3. The highest BCUT2D eigenvalue weighted by molar-refractivity contribution is 6.02. The number of nitrogens with two attached hydrogens (primary N) is 2. The van der Waals surface area contributed by atoms with Crippen molar-refractivity contribution in [3.63, 3.8) is 0 Å². The molecule has 2 amide bonds. The lowest BCUT2D eigenvalue weighted by Gasteiger charge is -2.24. The summed E-state index contributed by atoms with van der Waals surface area (Å²) in [6.45, 7) is 4.43. The number of amidine groups is 1. The fourth-order valence-corrected chi connectivity index (χ4v) is 2.33. The van der Waals surface area contributed by atoms with Crippen LogP contribution in [0, 0.1) is 11.3 Å². The predicted octanol–water partition coefficient (Wildman–Crippen LogP) is -0.127. The monoisotopic (exact) mass is 270 g/mol. The number of amides is 2. The molecule has 1 aliphatic heterocycles. The Hall–Kier alpha value is -1.79. The van der Waals surface area contributed by atoms with Crippen LogP contribution in [-0.4, -0.2) is 40.8 Å². The molecule has 1 rings (SSSR count). The molecule has 1 aliphatic rings. The first-order valence-corrected chi connectivity index (χ1v) is 6.42. The van der Waals surface area contributed by atoms with Crippen molar-refractivity contribution in [1.29, 1.82) is 0 Å². The quantitative estimate of drug-likeness (QED) is 0.279. The molecule has 0 aromatic carbocycles. The first-order valence-electron chi connectivity index (χ1n) is 6.42. The minimum Gasteiger partial charge on any atom is -0.409 e. The van der Waals surface area contributed by atoms with Crippen molar-refractivity contribution in [3.8, 4) is 0 Å². The third-order valence-corrected chi connectivity index (χ3v) is 3.73. The first kappa shape index (κ1) is 15.3. The number of likely N-dealkylation sites (tertiary alicyclic amines) is 1. The maximum Gasteiger partial charge on any atom is 0.233 e. The zero-order chi connectivity index (χ0) is 14.6. The van der Waals surface area contributed by atoms with Gasteiger partial charge < -0.3 is 21.6 Å². The van der Waals surface area contributed by atoms with Gasteiger partial charge in [-0.1, -0.05) is 18.5 Å². The van der Waals surface area contributed by atoms with E-state index >= 15 is 0 Å². The molecule has 0 radical (unpaired) electrons. The summed E-state index contributed by atoms with van der Waals surface area (Å²) in [7, 11) is 0. The zero-order valence-corrected chi connectivity index (χ0v) is 11.4. The van der Waals surface area contributed by atoms with Gasteiger partial charge in [0.25, 0.3) is 0 Å². The van der Waals surface area contributed by atoms with Gasteiger partial charge >= 0.3 is 0 Å². The SMILES string of the molecule is CCCC(C(=O)N1CCC(C)(C(N)=O)C1)C(N)=NO. The van der Waals surface area contributed by atoms with Gasteiger partial charge in [-0.15, -0.1) is 0 Å². The summed E-state index contributed by atoms with van der Waals surface area (Å²) in [4.78, 5) is 25.3. The highest BCUT2D eigenvalue weighted by Crippen LogP contribution is 2.30. The van der Waals surface area contributed by atoms with Crippen molar-refractivity contribution in [2.24, 2.45) is 28.0 Å². The summed E-state index contributed by atoms with van der Waals surface area (Å²) >= 11 is 0. The molecule has 2 unspecified atom stereocenters. The fourth-order valence-electron chi connectivity index (χ4n) is 2.33. The zero-order valence-electron chi connectivity index (χ0n) is 11.4. The topological polar surface area (TPSA) is 122 Å².